The van der Waals surface area contributed by atoms with Gasteiger partial charge in [-0.1, -0.05) is 20.3 Å². The van der Waals surface area contributed by atoms with Gasteiger partial charge in [0.1, 0.15) is 5.82 Å². The van der Waals surface area contributed by atoms with Gasteiger partial charge in [-0.15, -0.1) is 0 Å². The van der Waals surface area contributed by atoms with Crippen molar-refractivity contribution >= 4 is 11.5 Å². The number of aromatic nitrogens is 2. The first-order chi connectivity index (χ1) is 9.13. The molecule has 1 aromatic heterocycles. The second-order valence-electron chi connectivity index (χ2n) is 3.97. The molecule has 106 valence electrons. The minimum atomic E-state index is -0.501. The summed E-state index contributed by atoms with van der Waals surface area (Å²) in [4.78, 5) is 18.9. The third-order valence-electron chi connectivity index (χ3n) is 2.50. The average Bonchev–Trinajstić information content (AvgIpc) is 2.38. The molecule has 0 aromatic carbocycles. The summed E-state index contributed by atoms with van der Waals surface area (Å²) in [5.41, 5.74) is -0.185. The molecule has 0 saturated heterocycles. The first-order valence-electron chi connectivity index (χ1n) is 6.55. The molecule has 0 aliphatic rings. The Labute approximate surface area is 112 Å². The molecule has 0 atom stereocenters. The molecule has 0 saturated carbocycles. The van der Waals surface area contributed by atoms with Gasteiger partial charge >= 0.3 is 5.69 Å². The zero-order chi connectivity index (χ0) is 14.3. The Morgan fingerprint density at radius 3 is 2.58 bits per heavy atom. The van der Waals surface area contributed by atoms with Gasteiger partial charge in [-0.3, -0.25) is 10.1 Å². The Kier molecular flexibility index (Phi) is 5.98. The van der Waals surface area contributed by atoms with Crippen molar-refractivity contribution in [3.8, 4) is 5.88 Å². The van der Waals surface area contributed by atoms with Gasteiger partial charge in [-0.05, 0) is 13.3 Å². The molecule has 7 heteroatoms. The zero-order valence-corrected chi connectivity index (χ0v) is 11.6. The Morgan fingerprint density at radius 1 is 1.32 bits per heavy atom. The molecule has 0 aliphatic heterocycles. The van der Waals surface area contributed by atoms with Gasteiger partial charge in [0, 0.05) is 13.0 Å². The molecule has 1 heterocycles. The van der Waals surface area contributed by atoms with Crippen LogP contribution >= 0.6 is 0 Å². The number of hydrogen-bond acceptors (Lipinski definition) is 6. The quantitative estimate of drug-likeness (QED) is 0.442. The van der Waals surface area contributed by atoms with Gasteiger partial charge in [-0.2, -0.15) is 4.98 Å². The normalized spacial score (nSPS) is 10.3. The van der Waals surface area contributed by atoms with Crippen molar-refractivity contribution in [3.05, 3.63) is 15.9 Å². The Bertz CT molecular complexity index is 437. The van der Waals surface area contributed by atoms with Gasteiger partial charge in [0.2, 0.25) is 5.82 Å². The van der Waals surface area contributed by atoms with E-state index in [0.29, 0.717) is 25.4 Å². The minimum Gasteiger partial charge on any atom is -0.473 e. The van der Waals surface area contributed by atoms with Gasteiger partial charge in [-0.25, -0.2) is 4.98 Å². The fourth-order valence-electron chi connectivity index (χ4n) is 1.55. The molecule has 1 rings (SSSR count). The van der Waals surface area contributed by atoms with E-state index in [0.717, 1.165) is 12.8 Å². The molecule has 0 aliphatic carbocycles. The number of unbranched alkanes of at least 4 members (excludes halogenated alkanes) is 1. The fourth-order valence-corrected chi connectivity index (χ4v) is 1.55. The molecule has 19 heavy (non-hydrogen) atoms. The van der Waals surface area contributed by atoms with Gasteiger partial charge < -0.3 is 10.1 Å². The molecule has 0 radical (unpaired) electrons. The lowest BCUT2D eigenvalue weighted by molar-refractivity contribution is -0.385. The van der Waals surface area contributed by atoms with Crippen LogP contribution in [0, 0.1) is 10.1 Å². The van der Waals surface area contributed by atoms with E-state index < -0.39 is 4.92 Å². The lowest BCUT2D eigenvalue weighted by Crippen LogP contribution is -2.11. The van der Waals surface area contributed by atoms with Crippen molar-refractivity contribution in [2.24, 2.45) is 0 Å². The maximum atomic E-state index is 11.2. The molecular weight excluding hydrogens is 248 g/mol. The van der Waals surface area contributed by atoms with E-state index in [1.807, 2.05) is 6.92 Å². The molecular formula is C12H20N4O3. The number of rotatable bonds is 8. The Balaban J connectivity index is 3.14. The van der Waals surface area contributed by atoms with Crippen LogP contribution in [0.5, 0.6) is 5.88 Å². The number of nitro groups is 1. The van der Waals surface area contributed by atoms with Crippen LogP contribution in [0.15, 0.2) is 0 Å². The first-order valence-corrected chi connectivity index (χ1v) is 6.55. The van der Waals surface area contributed by atoms with Gasteiger partial charge in [0.15, 0.2) is 0 Å². The highest BCUT2D eigenvalue weighted by atomic mass is 16.6. The maximum absolute atomic E-state index is 11.2. The number of nitrogens with zero attached hydrogens (tertiary/aromatic N) is 3. The predicted octanol–water partition coefficient (Wildman–Crippen LogP) is 2.56. The lowest BCUT2D eigenvalue weighted by Gasteiger charge is -2.10. The Hall–Kier alpha value is -1.92. The largest absolute Gasteiger partial charge is 0.473 e. The van der Waals surface area contributed by atoms with Crippen LogP contribution in [0.4, 0.5) is 11.5 Å². The second-order valence-corrected chi connectivity index (χ2v) is 3.97. The summed E-state index contributed by atoms with van der Waals surface area (Å²) in [5, 5.41) is 14.2. The summed E-state index contributed by atoms with van der Waals surface area (Å²) in [6.07, 6.45) is 2.53. The maximum Gasteiger partial charge on any atom is 0.372 e. The van der Waals surface area contributed by atoms with Crippen molar-refractivity contribution in [2.75, 3.05) is 18.5 Å². The smallest absolute Gasteiger partial charge is 0.372 e. The summed E-state index contributed by atoms with van der Waals surface area (Å²) >= 11 is 0. The van der Waals surface area contributed by atoms with E-state index in [2.05, 4.69) is 22.2 Å². The number of hydrogen-bond donors (Lipinski definition) is 1. The third kappa shape index (κ3) is 4.04. The number of ether oxygens (including phenoxy) is 1. The fraction of sp³-hybridized carbons (Fsp3) is 0.667. The van der Waals surface area contributed by atoms with E-state index in [-0.39, 0.29) is 17.4 Å². The van der Waals surface area contributed by atoms with E-state index in [1.165, 1.54) is 0 Å². The van der Waals surface area contributed by atoms with Crippen LogP contribution in [0.1, 0.15) is 39.4 Å². The first kappa shape index (κ1) is 15.1. The molecule has 0 bridgehead atoms. The van der Waals surface area contributed by atoms with Crippen molar-refractivity contribution < 1.29 is 9.66 Å². The molecule has 0 fully saturated rings. The molecule has 1 aromatic rings. The van der Waals surface area contributed by atoms with Crippen LogP contribution in [0.3, 0.4) is 0 Å². The van der Waals surface area contributed by atoms with Crippen molar-refractivity contribution in [2.45, 2.75) is 40.0 Å². The molecule has 0 unspecified atom stereocenters. The third-order valence-corrected chi connectivity index (χ3v) is 2.50. The Morgan fingerprint density at radius 2 is 2.05 bits per heavy atom. The van der Waals surface area contributed by atoms with Gasteiger partial charge in [0.05, 0.1) is 11.5 Å². The van der Waals surface area contributed by atoms with E-state index in [4.69, 9.17) is 4.74 Å². The zero-order valence-electron chi connectivity index (χ0n) is 11.6. The summed E-state index contributed by atoms with van der Waals surface area (Å²) in [6.45, 7) is 6.69. The van der Waals surface area contributed by atoms with Gasteiger partial charge in [0.25, 0.3) is 5.88 Å². The standard InChI is InChI=1S/C12H20N4O3/c1-4-7-8-13-11-10(16(17)18)12(19-6-3)15-9(5-2)14-11/h4-8H2,1-3H3,(H,13,14,15). The van der Waals surface area contributed by atoms with Crippen LogP contribution < -0.4 is 10.1 Å². The monoisotopic (exact) mass is 268 g/mol. The minimum absolute atomic E-state index is 0.0401. The van der Waals surface area contributed by atoms with Crippen LogP contribution in [0.2, 0.25) is 0 Å². The van der Waals surface area contributed by atoms with E-state index >= 15 is 0 Å². The van der Waals surface area contributed by atoms with Crippen molar-refractivity contribution in [1.82, 2.24) is 9.97 Å². The summed E-state index contributed by atoms with van der Waals surface area (Å²) < 4.78 is 5.25. The molecule has 7 nitrogen and oxygen atoms in total. The topological polar surface area (TPSA) is 90.2 Å². The second kappa shape index (κ2) is 7.50. The highest BCUT2D eigenvalue weighted by Gasteiger charge is 2.25. The number of aryl methyl sites for hydroxylation is 1. The van der Waals surface area contributed by atoms with Crippen LogP contribution in [-0.2, 0) is 6.42 Å². The summed E-state index contributed by atoms with van der Waals surface area (Å²) in [6, 6.07) is 0. The van der Waals surface area contributed by atoms with Crippen LogP contribution in [0.25, 0.3) is 0 Å². The average molecular weight is 268 g/mol. The molecule has 0 amide bonds. The summed E-state index contributed by atoms with van der Waals surface area (Å²) in [7, 11) is 0. The van der Waals surface area contributed by atoms with Crippen LogP contribution in [-0.4, -0.2) is 28.0 Å². The summed E-state index contributed by atoms with van der Waals surface area (Å²) in [5.74, 6) is 0.820. The molecule has 0 spiro atoms. The number of nitrogens with one attached hydrogen (secondary N) is 1. The van der Waals surface area contributed by atoms with Crippen molar-refractivity contribution in [1.29, 1.82) is 0 Å². The number of anilines is 1. The highest BCUT2D eigenvalue weighted by Crippen LogP contribution is 2.31. The van der Waals surface area contributed by atoms with E-state index in [1.54, 1.807) is 6.92 Å². The lowest BCUT2D eigenvalue weighted by atomic mass is 10.3. The molecule has 1 N–H and O–H groups in total. The van der Waals surface area contributed by atoms with Crippen molar-refractivity contribution in [3.63, 3.8) is 0 Å². The van der Waals surface area contributed by atoms with E-state index in [9.17, 15) is 10.1 Å². The predicted molar refractivity (Wildman–Crippen MR) is 72.6 cm³/mol. The SMILES string of the molecule is CCCCNc1nc(CC)nc(OCC)c1[N+](=O)[O-]. The highest BCUT2D eigenvalue weighted by molar-refractivity contribution is 5.61.